The molecule has 2 aromatic rings. The van der Waals surface area contributed by atoms with Gasteiger partial charge in [0, 0.05) is 18.2 Å². The van der Waals surface area contributed by atoms with Crippen LogP contribution in [-0.4, -0.2) is 19.1 Å². The quantitative estimate of drug-likeness (QED) is 0.775. The lowest BCUT2D eigenvalue weighted by Gasteiger charge is -2.13. The van der Waals surface area contributed by atoms with Crippen molar-refractivity contribution in [2.45, 2.75) is 26.5 Å². The van der Waals surface area contributed by atoms with Crippen molar-refractivity contribution in [3.63, 3.8) is 0 Å². The van der Waals surface area contributed by atoms with Gasteiger partial charge < -0.3 is 14.8 Å². The molecule has 0 saturated carbocycles. The fourth-order valence-corrected chi connectivity index (χ4v) is 2.19. The number of carbonyl (C=O) groups excluding carboxylic acids is 1. The summed E-state index contributed by atoms with van der Waals surface area (Å²) in [5.41, 5.74) is 1.25. The summed E-state index contributed by atoms with van der Waals surface area (Å²) in [5, 5.41) is 2.65. The zero-order valence-electron chi connectivity index (χ0n) is 14.6. The molecule has 0 atom stereocenters. The minimum Gasteiger partial charge on any atom is -0.493 e. The van der Waals surface area contributed by atoms with Gasteiger partial charge in [0.25, 0.3) is 0 Å². The highest BCUT2D eigenvalue weighted by Gasteiger charge is 2.07. The molecular formula is C20H22FNO3. The van der Waals surface area contributed by atoms with E-state index in [4.69, 9.17) is 9.47 Å². The van der Waals surface area contributed by atoms with Gasteiger partial charge in [0.2, 0.25) is 5.91 Å². The zero-order valence-corrected chi connectivity index (χ0v) is 14.6. The number of hydrogen-bond donors (Lipinski definition) is 1. The van der Waals surface area contributed by atoms with Gasteiger partial charge in [-0.25, -0.2) is 4.39 Å². The number of methoxy groups -OCH3 is 1. The van der Waals surface area contributed by atoms with Crippen LogP contribution in [-0.2, 0) is 11.3 Å². The highest BCUT2D eigenvalue weighted by Crippen LogP contribution is 2.29. The Hall–Kier alpha value is -2.82. The van der Waals surface area contributed by atoms with Crippen LogP contribution in [0.1, 0.15) is 25.0 Å². The first-order valence-corrected chi connectivity index (χ1v) is 8.03. The van der Waals surface area contributed by atoms with Crippen LogP contribution in [0.5, 0.6) is 11.5 Å². The average molecular weight is 343 g/mol. The third-order valence-electron chi connectivity index (χ3n) is 3.39. The van der Waals surface area contributed by atoms with Crippen molar-refractivity contribution < 1.29 is 18.7 Å². The molecule has 0 aromatic heterocycles. The lowest BCUT2D eigenvalue weighted by atomic mass is 10.2. The van der Waals surface area contributed by atoms with Gasteiger partial charge in [0.1, 0.15) is 5.82 Å². The normalized spacial score (nSPS) is 10.9. The lowest BCUT2D eigenvalue weighted by molar-refractivity contribution is -0.116. The van der Waals surface area contributed by atoms with Crippen molar-refractivity contribution in [2.75, 3.05) is 7.11 Å². The number of nitrogens with one attached hydrogen (secondary N) is 1. The molecule has 0 saturated heterocycles. The topological polar surface area (TPSA) is 47.6 Å². The van der Waals surface area contributed by atoms with Gasteiger partial charge in [-0.3, -0.25) is 4.79 Å². The molecule has 2 aromatic carbocycles. The minimum absolute atomic E-state index is 0.0412. The molecule has 1 N–H and O–H groups in total. The van der Waals surface area contributed by atoms with Crippen molar-refractivity contribution in [2.24, 2.45) is 0 Å². The number of hydrogen-bond acceptors (Lipinski definition) is 3. The molecule has 0 spiro atoms. The average Bonchev–Trinajstić information content (AvgIpc) is 2.59. The Labute approximate surface area is 147 Å². The number of halogens is 1. The van der Waals surface area contributed by atoms with Crippen LogP contribution in [0, 0.1) is 5.82 Å². The fourth-order valence-electron chi connectivity index (χ4n) is 2.19. The smallest absolute Gasteiger partial charge is 0.244 e. The second kappa shape index (κ2) is 8.87. The number of rotatable bonds is 7. The summed E-state index contributed by atoms with van der Waals surface area (Å²) >= 11 is 0. The maximum absolute atomic E-state index is 13.5. The Morgan fingerprint density at radius 3 is 2.64 bits per heavy atom. The third kappa shape index (κ3) is 5.64. The van der Waals surface area contributed by atoms with Crippen molar-refractivity contribution in [3.8, 4) is 11.5 Å². The van der Waals surface area contributed by atoms with E-state index >= 15 is 0 Å². The molecule has 0 radical (unpaired) electrons. The molecule has 0 aliphatic heterocycles. The Bertz CT molecular complexity index is 756. The van der Waals surface area contributed by atoms with Crippen molar-refractivity contribution in [3.05, 3.63) is 65.5 Å². The van der Waals surface area contributed by atoms with Crippen LogP contribution in [0.2, 0.25) is 0 Å². The van der Waals surface area contributed by atoms with Gasteiger partial charge in [0.05, 0.1) is 13.2 Å². The summed E-state index contributed by atoms with van der Waals surface area (Å²) in [5.74, 6) is 0.614. The van der Waals surface area contributed by atoms with E-state index in [1.54, 1.807) is 43.5 Å². The fraction of sp³-hybridized carbons (Fsp3) is 0.250. The predicted molar refractivity (Wildman–Crippen MR) is 96.0 cm³/mol. The predicted octanol–water partition coefficient (Wildman–Crippen LogP) is 3.95. The molecule has 0 heterocycles. The molecule has 5 heteroatoms. The van der Waals surface area contributed by atoms with Crippen molar-refractivity contribution >= 4 is 12.0 Å². The Morgan fingerprint density at radius 2 is 1.96 bits per heavy atom. The highest BCUT2D eigenvalue weighted by atomic mass is 19.1. The van der Waals surface area contributed by atoms with E-state index < -0.39 is 0 Å². The molecule has 0 fully saturated rings. The molecule has 2 rings (SSSR count). The third-order valence-corrected chi connectivity index (χ3v) is 3.39. The summed E-state index contributed by atoms with van der Waals surface area (Å²) in [6.07, 6.45) is 3.11. The largest absolute Gasteiger partial charge is 0.493 e. The summed E-state index contributed by atoms with van der Waals surface area (Å²) in [6, 6.07) is 11.8. The molecule has 25 heavy (non-hydrogen) atoms. The van der Waals surface area contributed by atoms with Crippen LogP contribution in [0.4, 0.5) is 4.39 Å². The Morgan fingerprint density at radius 1 is 1.20 bits per heavy atom. The standard InChI is InChI=1S/C20H22FNO3/c1-14(2)25-18-10-8-15(12-19(18)24-3)9-11-20(23)22-13-16-6-4-5-7-17(16)21/h4-12,14H,13H2,1-3H3,(H,22,23)/b11-9+. The maximum Gasteiger partial charge on any atom is 0.244 e. The summed E-state index contributed by atoms with van der Waals surface area (Å²) in [7, 11) is 1.57. The van der Waals surface area contributed by atoms with Crippen LogP contribution in [0.3, 0.4) is 0 Å². The van der Waals surface area contributed by atoms with E-state index in [0.29, 0.717) is 17.1 Å². The highest BCUT2D eigenvalue weighted by molar-refractivity contribution is 5.91. The molecule has 132 valence electrons. The van der Waals surface area contributed by atoms with Gasteiger partial charge in [-0.15, -0.1) is 0 Å². The first kappa shape index (κ1) is 18.5. The van der Waals surface area contributed by atoms with E-state index in [-0.39, 0.29) is 24.4 Å². The van der Waals surface area contributed by atoms with Gasteiger partial charge in [-0.05, 0) is 43.7 Å². The zero-order chi connectivity index (χ0) is 18.2. The minimum atomic E-state index is -0.336. The lowest BCUT2D eigenvalue weighted by Crippen LogP contribution is -2.20. The van der Waals surface area contributed by atoms with Gasteiger partial charge >= 0.3 is 0 Å². The molecule has 0 unspecified atom stereocenters. The van der Waals surface area contributed by atoms with E-state index in [0.717, 1.165) is 5.56 Å². The Balaban J connectivity index is 1.98. The number of benzene rings is 2. The SMILES string of the molecule is COc1cc(/C=C/C(=O)NCc2ccccc2F)ccc1OC(C)C. The van der Waals surface area contributed by atoms with Crippen LogP contribution >= 0.6 is 0 Å². The van der Waals surface area contributed by atoms with Crippen LogP contribution in [0.25, 0.3) is 6.08 Å². The first-order chi connectivity index (χ1) is 12.0. The monoisotopic (exact) mass is 343 g/mol. The number of ether oxygens (including phenoxy) is 2. The molecule has 1 amide bonds. The second-order valence-corrected chi connectivity index (χ2v) is 5.72. The van der Waals surface area contributed by atoms with Crippen molar-refractivity contribution in [1.29, 1.82) is 0 Å². The maximum atomic E-state index is 13.5. The van der Waals surface area contributed by atoms with E-state index in [1.165, 1.54) is 12.1 Å². The van der Waals surface area contributed by atoms with Gasteiger partial charge in [-0.2, -0.15) is 0 Å². The van der Waals surface area contributed by atoms with E-state index in [2.05, 4.69) is 5.32 Å². The van der Waals surface area contributed by atoms with Gasteiger partial charge in [0.15, 0.2) is 11.5 Å². The molecule has 0 aliphatic carbocycles. The summed E-state index contributed by atoms with van der Waals surface area (Å²) < 4.78 is 24.5. The van der Waals surface area contributed by atoms with Crippen molar-refractivity contribution in [1.82, 2.24) is 5.32 Å². The van der Waals surface area contributed by atoms with Crippen LogP contribution < -0.4 is 14.8 Å². The molecule has 4 nitrogen and oxygen atoms in total. The molecular weight excluding hydrogens is 321 g/mol. The molecule has 0 bridgehead atoms. The Kier molecular flexibility index (Phi) is 6.57. The van der Waals surface area contributed by atoms with Crippen LogP contribution in [0.15, 0.2) is 48.5 Å². The number of amides is 1. The second-order valence-electron chi connectivity index (χ2n) is 5.72. The number of carbonyl (C=O) groups is 1. The van der Waals surface area contributed by atoms with E-state index in [9.17, 15) is 9.18 Å². The van der Waals surface area contributed by atoms with E-state index in [1.807, 2.05) is 19.9 Å². The summed E-state index contributed by atoms with van der Waals surface area (Å²) in [4.78, 5) is 11.9. The summed E-state index contributed by atoms with van der Waals surface area (Å²) in [6.45, 7) is 4.01. The van der Waals surface area contributed by atoms with Gasteiger partial charge in [-0.1, -0.05) is 24.3 Å². The molecule has 0 aliphatic rings. The first-order valence-electron chi connectivity index (χ1n) is 8.03.